The average Bonchev–Trinajstić information content (AvgIpc) is 2.74. The number of hydrogen-bond donors (Lipinski definition) is 1. The van der Waals surface area contributed by atoms with Crippen molar-refractivity contribution in [2.45, 2.75) is 6.92 Å². The summed E-state index contributed by atoms with van der Waals surface area (Å²) in [7, 11) is 0. The molecule has 134 valence electrons. The summed E-state index contributed by atoms with van der Waals surface area (Å²) in [6.07, 6.45) is 0. The van der Waals surface area contributed by atoms with Gasteiger partial charge in [0.2, 0.25) is 0 Å². The number of benzene rings is 4. The van der Waals surface area contributed by atoms with Crippen molar-refractivity contribution in [1.82, 2.24) is 4.98 Å². The Balaban J connectivity index is 1.84. The molecule has 0 saturated heterocycles. The van der Waals surface area contributed by atoms with E-state index in [2.05, 4.69) is 35.4 Å². The minimum atomic E-state index is 0.727. The number of anilines is 1. The van der Waals surface area contributed by atoms with Gasteiger partial charge in [0.1, 0.15) is 0 Å². The SMILES string of the molecule is Cc1ccc2nc3c(cc(N=Nc4ccccc4)c4ccccc43)c(N)c2c1. The molecule has 4 aromatic carbocycles. The minimum Gasteiger partial charge on any atom is -0.398 e. The van der Waals surface area contributed by atoms with Crippen LogP contribution in [0.5, 0.6) is 0 Å². The first kappa shape index (κ1) is 16.4. The molecule has 4 nitrogen and oxygen atoms in total. The van der Waals surface area contributed by atoms with E-state index >= 15 is 0 Å². The van der Waals surface area contributed by atoms with Gasteiger partial charge in [0.25, 0.3) is 0 Å². The zero-order valence-corrected chi connectivity index (χ0v) is 15.4. The summed E-state index contributed by atoms with van der Waals surface area (Å²) in [6.45, 7) is 2.06. The fourth-order valence-electron chi connectivity index (χ4n) is 3.58. The molecule has 0 unspecified atom stereocenters. The molecular formula is C24H18N4. The Kier molecular flexibility index (Phi) is 3.76. The van der Waals surface area contributed by atoms with Crippen LogP contribution in [0.3, 0.4) is 0 Å². The Bertz CT molecular complexity index is 1370. The molecule has 0 spiro atoms. The van der Waals surface area contributed by atoms with Gasteiger partial charge in [-0.25, -0.2) is 4.98 Å². The van der Waals surface area contributed by atoms with Gasteiger partial charge in [0.05, 0.1) is 28.1 Å². The third-order valence-electron chi connectivity index (χ3n) is 4.99. The highest BCUT2D eigenvalue weighted by Gasteiger charge is 2.13. The molecule has 0 aliphatic heterocycles. The molecular weight excluding hydrogens is 344 g/mol. The Morgan fingerprint density at radius 3 is 2.29 bits per heavy atom. The summed E-state index contributed by atoms with van der Waals surface area (Å²) < 4.78 is 0. The highest BCUT2D eigenvalue weighted by molar-refractivity contribution is 6.18. The quantitative estimate of drug-likeness (QED) is 0.212. The maximum atomic E-state index is 6.58. The molecule has 0 aliphatic carbocycles. The van der Waals surface area contributed by atoms with Gasteiger partial charge in [0, 0.05) is 21.5 Å². The van der Waals surface area contributed by atoms with Crippen LogP contribution in [0.25, 0.3) is 32.6 Å². The van der Waals surface area contributed by atoms with Crippen molar-refractivity contribution in [1.29, 1.82) is 0 Å². The Hall–Kier alpha value is -3.79. The van der Waals surface area contributed by atoms with E-state index in [1.807, 2.05) is 60.7 Å². The maximum absolute atomic E-state index is 6.58. The lowest BCUT2D eigenvalue weighted by atomic mass is 10.0. The summed E-state index contributed by atoms with van der Waals surface area (Å²) in [5.74, 6) is 0. The zero-order chi connectivity index (χ0) is 19.1. The van der Waals surface area contributed by atoms with Gasteiger partial charge in [-0.1, -0.05) is 54.1 Å². The van der Waals surface area contributed by atoms with E-state index in [1.165, 1.54) is 0 Å². The van der Waals surface area contributed by atoms with Gasteiger partial charge in [0.15, 0.2) is 0 Å². The average molecular weight is 362 g/mol. The summed E-state index contributed by atoms with van der Waals surface area (Å²) >= 11 is 0. The second-order valence-corrected chi connectivity index (χ2v) is 6.92. The lowest BCUT2D eigenvalue weighted by Crippen LogP contribution is -1.94. The minimum absolute atomic E-state index is 0.727. The molecule has 1 aromatic heterocycles. The van der Waals surface area contributed by atoms with E-state index in [-0.39, 0.29) is 0 Å². The largest absolute Gasteiger partial charge is 0.398 e. The summed E-state index contributed by atoms with van der Waals surface area (Å²) in [5.41, 5.74) is 11.9. The number of hydrogen-bond acceptors (Lipinski definition) is 4. The predicted octanol–water partition coefficient (Wildman–Crippen LogP) is 6.85. The third-order valence-corrected chi connectivity index (χ3v) is 4.99. The summed E-state index contributed by atoms with van der Waals surface area (Å²) in [6, 6.07) is 26.0. The molecule has 5 rings (SSSR count). The van der Waals surface area contributed by atoms with Crippen molar-refractivity contribution in [2.75, 3.05) is 5.73 Å². The van der Waals surface area contributed by atoms with E-state index in [0.717, 1.165) is 55.2 Å². The third kappa shape index (κ3) is 2.67. The molecule has 2 N–H and O–H groups in total. The first-order valence-electron chi connectivity index (χ1n) is 9.19. The number of aryl methyl sites for hydroxylation is 1. The lowest BCUT2D eigenvalue weighted by molar-refractivity contribution is 1.24. The molecule has 0 aliphatic rings. The van der Waals surface area contributed by atoms with Crippen LogP contribution in [0, 0.1) is 6.92 Å². The normalized spacial score (nSPS) is 11.8. The van der Waals surface area contributed by atoms with Crippen LogP contribution in [0.2, 0.25) is 0 Å². The molecule has 0 atom stereocenters. The second-order valence-electron chi connectivity index (χ2n) is 6.92. The van der Waals surface area contributed by atoms with Gasteiger partial charge >= 0.3 is 0 Å². The highest BCUT2D eigenvalue weighted by atomic mass is 15.1. The van der Waals surface area contributed by atoms with Crippen LogP contribution in [-0.4, -0.2) is 4.98 Å². The number of nitrogens with two attached hydrogens (primary N) is 1. The Morgan fingerprint density at radius 1 is 0.714 bits per heavy atom. The predicted molar refractivity (Wildman–Crippen MR) is 117 cm³/mol. The van der Waals surface area contributed by atoms with Gasteiger partial charge in [-0.2, -0.15) is 5.11 Å². The standard InChI is InChI=1S/C24H18N4/c1-15-11-12-21-19(13-15)23(25)20-14-22(28-27-16-7-3-2-4-8-16)17-9-5-6-10-18(17)24(20)26-21/h2-14H,1H3,(H2,25,26). The van der Waals surface area contributed by atoms with Gasteiger partial charge < -0.3 is 5.73 Å². The monoisotopic (exact) mass is 362 g/mol. The number of nitrogens with zero attached hydrogens (tertiary/aromatic N) is 3. The lowest BCUT2D eigenvalue weighted by Gasteiger charge is -2.11. The van der Waals surface area contributed by atoms with E-state index < -0.39 is 0 Å². The number of azo groups is 1. The van der Waals surface area contributed by atoms with Crippen molar-refractivity contribution in [3.8, 4) is 0 Å². The van der Waals surface area contributed by atoms with Crippen LogP contribution >= 0.6 is 0 Å². The molecule has 1 heterocycles. The molecule has 0 radical (unpaired) electrons. The van der Waals surface area contributed by atoms with Crippen molar-refractivity contribution in [3.63, 3.8) is 0 Å². The molecule has 28 heavy (non-hydrogen) atoms. The van der Waals surface area contributed by atoms with E-state index in [1.54, 1.807) is 0 Å². The topological polar surface area (TPSA) is 63.6 Å². The van der Waals surface area contributed by atoms with E-state index in [9.17, 15) is 0 Å². The van der Waals surface area contributed by atoms with Gasteiger partial charge in [-0.05, 0) is 37.3 Å². The Labute approximate surface area is 162 Å². The van der Waals surface area contributed by atoms with Crippen LogP contribution in [0.4, 0.5) is 17.1 Å². The first-order valence-corrected chi connectivity index (χ1v) is 9.19. The number of aromatic nitrogens is 1. The van der Waals surface area contributed by atoms with Crippen LogP contribution in [0.1, 0.15) is 5.56 Å². The molecule has 5 aromatic rings. The summed E-state index contributed by atoms with van der Waals surface area (Å²) in [4.78, 5) is 4.91. The Morgan fingerprint density at radius 2 is 1.46 bits per heavy atom. The van der Waals surface area contributed by atoms with Gasteiger partial charge in [-0.15, -0.1) is 5.11 Å². The number of pyridine rings is 1. The van der Waals surface area contributed by atoms with Crippen LogP contribution in [0.15, 0.2) is 89.1 Å². The fourth-order valence-corrected chi connectivity index (χ4v) is 3.58. The van der Waals surface area contributed by atoms with Crippen LogP contribution in [-0.2, 0) is 0 Å². The summed E-state index contributed by atoms with van der Waals surface area (Å²) in [5, 5.41) is 12.8. The van der Waals surface area contributed by atoms with Gasteiger partial charge in [-0.3, -0.25) is 0 Å². The highest BCUT2D eigenvalue weighted by Crippen LogP contribution is 2.38. The van der Waals surface area contributed by atoms with Crippen LogP contribution < -0.4 is 5.73 Å². The van der Waals surface area contributed by atoms with Crippen molar-refractivity contribution >= 4 is 49.6 Å². The molecule has 0 fully saturated rings. The fraction of sp³-hybridized carbons (Fsp3) is 0.0417. The maximum Gasteiger partial charge on any atom is 0.0943 e. The number of rotatable bonds is 2. The molecule has 0 amide bonds. The van der Waals surface area contributed by atoms with E-state index in [0.29, 0.717) is 0 Å². The number of nitrogen functional groups attached to an aromatic ring is 1. The first-order chi connectivity index (χ1) is 13.7. The van der Waals surface area contributed by atoms with E-state index in [4.69, 9.17) is 10.7 Å². The smallest absolute Gasteiger partial charge is 0.0943 e. The van der Waals surface area contributed by atoms with Crippen molar-refractivity contribution in [3.05, 3.63) is 84.4 Å². The number of fused-ring (bicyclic) bond motifs is 4. The van der Waals surface area contributed by atoms with Crippen molar-refractivity contribution in [2.24, 2.45) is 10.2 Å². The van der Waals surface area contributed by atoms with Crippen molar-refractivity contribution < 1.29 is 0 Å². The molecule has 4 heteroatoms. The second kappa shape index (κ2) is 6.43. The zero-order valence-electron chi connectivity index (χ0n) is 15.4. The molecule has 0 saturated carbocycles. The molecule has 0 bridgehead atoms.